The van der Waals surface area contributed by atoms with Gasteiger partial charge in [-0.25, -0.2) is 32.9 Å². The summed E-state index contributed by atoms with van der Waals surface area (Å²) in [6, 6.07) is 44.8. The number of nitro groups is 3. The molecule has 0 unspecified atom stereocenters. The third kappa shape index (κ3) is 13.9. The number of para-hydroxylation sites is 8. The normalized spacial score (nSPS) is 10.2. The lowest BCUT2D eigenvalue weighted by Gasteiger charge is -2.01. The van der Waals surface area contributed by atoms with Gasteiger partial charge < -0.3 is 44.6 Å². The number of nitrogens with two attached hydrogens (primary N) is 2. The molecule has 0 saturated carbocycles. The third-order valence-electron chi connectivity index (χ3n) is 11.0. The number of nitrogen functional groups attached to an aromatic ring is 2. The van der Waals surface area contributed by atoms with E-state index in [1.165, 1.54) is 12.1 Å². The van der Waals surface area contributed by atoms with Crippen molar-refractivity contribution < 1.29 is 51.8 Å². The highest BCUT2D eigenvalue weighted by molar-refractivity contribution is 5.88. The number of aromatic carboxylic acids is 1. The molecular weight excluding hydrogens is 1040 g/mol. The van der Waals surface area contributed by atoms with Gasteiger partial charge in [-0.2, -0.15) is 8.78 Å². The summed E-state index contributed by atoms with van der Waals surface area (Å²) in [7, 11) is 0. The predicted octanol–water partition coefficient (Wildman–Crippen LogP) is 13.3. The van der Waals surface area contributed by atoms with Crippen LogP contribution < -0.4 is 11.5 Å². The number of oxazole rings is 3. The maximum absolute atomic E-state index is 13.2. The maximum atomic E-state index is 13.2. The molecule has 8 aromatic carbocycles. The van der Waals surface area contributed by atoms with Crippen molar-refractivity contribution in [2.45, 2.75) is 13.1 Å². The van der Waals surface area contributed by atoms with Crippen molar-refractivity contribution in [1.29, 1.82) is 0 Å². The van der Waals surface area contributed by atoms with Gasteiger partial charge in [0.2, 0.25) is 42.4 Å². The third-order valence-corrected chi connectivity index (χ3v) is 11.0. The van der Waals surface area contributed by atoms with Gasteiger partial charge in [0.1, 0.15) is 27.9 Å². The Kier molecular flexibility index (Phi) is 17.8. The van der Waals surface area contributed by atoms with Gasteiger partial charge in [0.15, 0.2) is 16.7 Å². The van der Waals surface area contributed by atoms with Crippen molar-refractivity contribution >= 4 is 67.7 Å². The van der Waals surface area contributed by atoms with Crippen LogP contribution in [-0.2, 0) is 13.1 Å². The lowest BCUT2D eigenvalue weighted by molar-refractivity contribution is -0.387. The van der Waals surface area contributed by atoms with E-state index in [4.69, 9.17) is 48.1 Å². The minimum absolute atomic E-state index is 0.0237. The number of phenols is 1. The Bertz CT molecular complexity index is 4070. The number of fused-ring (bicyclic) bond motifs is 3. The van der Waals surface area contributed by atoms with Crippen LogP contribution in [0.15, 0.2) is 183 Å². The summed E-state index contributed by atoms with van der Waals surface area (Å²) in [4.78, 5) is 59.5. The van der Waals surface area contributed by atoms with Gasteiger partial charge in [0.05, 0.1) is 31.6 Å². The second-order valence-electron chi connectivity index (χ2n) is 16.3. The smallest absolute Gasteiger partial charge is 0.335 e. The van der Waals surface area contributed by atoms with Crippen LogP contribution in [0.3, 0.4) is 0 Å². The molecular formula is C56H38F2N10O12. The highest BCUT2D eigenvalue weighted by Crippen LogP contribution is 2.32. The number of hydrogen-bond acceptors (Lipinski definition) is 16. The number of anilines is 2. The number of halogens is 2. The van der Waals surface area contributed by atoms with Gasteiger partial charge in [0.25, 0.3) is 5.69 Å². The maximum Gasteiger partial charge on any atom is 0.335 e. The Balaban J connectivity index is 0.000000149. The van der Waals surface area contributed by atoms with Crippen LogP contribution in [0.1, 0.15) is 21.5 Å². The lowest BCUT2D eigenvalue weighted by Crippen LogP contribution is -1.99. The Hall–Kier alpha value is -11.9. The number of benzene rings is 8. The van der Waals surface area contributed by atoms with Crippen LogP contribution in [0.2, 0.25) is 0 Å². The summed E-state index contributed by atoms with van der Waals surface area (Å²) >= 11 is 0. The number of hydrogen-bond donors (Lipinski definition) is 4. The highest BCUT2D eigenvalue weighted by Gasteiger charge is 2.21. The fourth-order valence-corrected chi connectivity index (χ4v) is 7.09. The zero-order valence-corrected chi connectivity index (χ0v) is 41.0. The van der Waals surface area contributed by atoms with Crippen molar-refractivity contribution in [3.05, 3.63) is 251 Å². The average molecular weight is 1080 g/mol. The number of rotatable bonds is 9. The molecule has 80 heavy (non-hydrogen) atoms. The molecule has 11 aromatic rings. The van der Waals surface area contributed by atoms with Crippen LogP contribution in [0.25, 0.3) is 77.4 Å². The fourth-order valence-electron chi connectivity index (χ4n) is 7.09. The van der Waals surface area contributed by atoms with Gasteiger partial charge >= 0.3 is 17.3 Å². The van der Waals surface area contributed by atoms with Crippen molar-refractivity contribution in [3.63, 3.8) is 0 Å². The van der Waals surface area contributed by atoms with Gasteiger partial charge in [-0.1, -0.05) is 48.5 Å². The molecule has 0 aliphatic rings. The van der Waals surface area contributed by atoms with Gasteiger partial charge in [-0.3, -0.25) is 30.3 Å². The Morgan fingerprint density at radius 3 is 1.31 bits per heavy atom. The molecule has 22 nitrogen and oxygen atoms in total. The summed E-state index contributed by atoms with van der Waals surface area (Å²) in [5, 5.41) is 49.2. The lowest BCUT2D eigenvalue weighted by atomic mass is 10.1. The molecule has 3 aromatic heterocycles. The van der Waals surface area contributed by atoms with Crippen LogP contribution in [0, 0.1) is 55.1 Å². The molecule has 0 amide bonds. The van der Waals surface area contributed by atoms with E-state index in [0.29, 0.717) is 74.7 Å². The number of aromatic hydroxyl groups is 1. The summed E-state index contributed by atoms with van der Waals surface area (Å²) < 4.78 is 42.6. The van der Waals surface area contributed by atoms with E-state index in [2.05, 4.69) is 24.6 Å². The number of phenolic OH excluding ortho intramolecular Hbond substituents is 1. The Morgan fingerprint density at radius 1 is 0.512 bits per heavy atom. The molecule has 6 N–H and O–H groups in total. The van der Waals surface area contributed by atoms with Crippen molar-refractivity contribution in [3.8, 4) is 40.1 Å². The quantitative estimate of drug-likeness (QED) is 0.0343. The van der Waals surface area contributed by atoms with Crippen molar-refractivity contribution in [2.24, 2.45) is 0 Å². The second-order valence-corrected chi connectivity index (χ2v) is 16.3. The van der Waals surface area contributed by atoms with Gasteiger partial charge in [0, 0.05) is 40.6 Å². The van der Waals surface area contributed by atoms with E-state index in [1.54, 1.807) is 66.7 Å². The number of carbonyl (C=O) groups is 1. The summed E-state index contributed by atoms with van der Waals surface area (Å²) in [5.74, 6) is -2.02. The number of aromatic nitrogens is 3. The molecule has 0 saturated heterocycles. The Morgan fingerprint density at radius 2 is 0.900 bits per heavy atom. The molecule has 0 radical (unpaired) electrons. The largest absolute Gasteiger partial charge is 0.506 e. The van der Waals surface area contributed by atoms with Crippen LogP contribution >= 0.6 is 0 Å². The summed E-state index contributed by atoms with van der Waals surface area (Å²) in [5.41, 5.74) is 17.4. The van der Waals surface area contributed by atoms with Crippen LogP contribution in [0.4, 0.5) is 37.2 Å². The molecule has 11 rings (SSSR count). The molecule has 398 valence electrons. The van der Waals surface area contributed by atoms with Crippen LogP contribution in [-0.4, -0.2) is 45.9 Å². The van der Waals surface area contributed by atoms with Gasteiger partial charge in [-0.05, 0) is 103 Å². The van der Waals surface area contributed by atoms with E-state index < -0.39 is 43.7 Å². The second kappa shape index (κ2) is 25.5. The molecule has 0 spiro atoms. The molecule has 0 aliphatic carbocycles. The first kappa shape index (κ1) is 55.8. The van der Waals surface area contributed by atoms with E-state index in [9.17, 15) is 43.9 Å². The van der Waals surface area contributed by atoms with E-state index in [0.717, 1.165) is 46.5 Å². The first-order valence-corrected chi connectivity index (χ1v) is 23.0. The molecule has 0 bridgehead atoms. The number of carboxylic acids is 1. The molecule has 0 aliphatic heterocycles. The highest BCUT2D eigenvalue weighted by atomic mass is 19.1. The zero-order chi connectivity index (χ0) is 57.5. The first-order chi connectivity index (χ1) is 38.4. The number of nitrogens with zero attached hydrogens (tertiary/aromatic N) is 8. The summed E-state index contributed by atoms with van der Waals surface area (Å²) in [6.07, 6.45) is 0. The molecule has 0 fully saturated rings. The molecule has 3 heterocycles. The first-order valence-electron chi connectivity index (χ1n) is 23.0. The zero-order valence-electron chi connectivity index (χ0n) is 41.0. The SMILES string of the molecule is Nc1ccccc1O.O=C(O)c1ccc(F)c([N+](=O)[O-])c1.O=[N+]([O-])c1cc(-c2nc3ccccc3o2)ccc1F.[C-]#[N+]Cc1ccc(-c2nc3ccccc3o2)cc1N.[C-]#[N+]Cc1ccc(-c2nc3ccccc3o2)cc1[N+](=O)[O-]. The molecule has 24 heteroatoms. The minimum Gasteiger partial charge on any atom is -0.506 e. The Labute approximate surface area is 449 Å². The predicted molar refractivity (Wildman–Crippen MR) is 289 cm³/mol. The molecule has 0 atom stereocenters. The van der Waals surface area contributed by atoms with E-state index in [1.807, 2.05) is 60.7 Å². The number of nitro benzene ring substituents is 3. The topological polar surface area (TPSA) is 326 Å². The van der Waals surface area contributed by atoms with Crippen molar-refractivity contribution in [1.82, 2.24) is 15.0 Å². The fraction of sp³-hybridized carbons (Fsp3) is 0.0357. The van der Waals surface area contributed by atoms with Gasteiger partial charge in [-0.15, -0.1) is 0 Å². The van der Waals surface area contributed by atoms with E-state index in [-0.39, 0.29) is 29.4 Å². The van der Waals surface area contributed by atoms with Crippen LogP contribution in [0.5, 0.6) is 5.75 Å². The minimum atomic E-state index is -1.33. The summed E-state index contributed by atoms with van der Waals surface area (Å²) in [6.45, 7) is 14.0. The average Bonchev–Trinajstić information content (AvgIpc) is 4.22. The monoisotopic (exact) mass is 1080 g/mol. The van der Waals surface area contributed by atoms with E-state index >= 15 is 0 Å². The van der Waals surface area contributed by atoms with Crippen molar-refractivity contribution in [2.75, 3.05) is 11.5 Å². The standard InChI is InChI=1S/C15H9N3O3.C15H11N3O.C13H7FN2O3.C7H4FNO4.C6H7NO/c1-16-9-11-7-6-10(8-13(11)18(19)20)15-17-12-4-2-3-5-14(12)21-15;1-17-9-11-7-6-10(8-12(11)16)15-18-13-4-2-3-5-14(13)19-15;14-9-6-5-8(7-11(9)16(17)18)13-15-10-3-1-2-4-12(10)19-13;8-5-2-1-4(7(10)11)3-6(5)9(12)13;7-5-3-1-2-4-6(5)8/h2-8H,9H2;2-8H,9,16H2;1-7H;1-3H,(H,10,11);1-4,8H,7H2. The number of carboxylic acid groups (broad SMARTS) is 1.